The zero-order valence-corrected chi connectivity index (χ0v) is 20.5. The highest BCUT2D eigenvalue weighted by Gasteiger charge is 2.39. The Morgan fingerprint density at radius 3 is 2.36 bits per heavy atom. The zero-order valence-electron chi connectivity index (χ0n) is 19.7. The number of sulfonamides is 1. The van der Waals surface area contributed by atoms with Gasteiger partial charge in [0.1, 0.15) is 22.7 Å². The van der Waals surface area contributed by atoms with Crippen LogP contribution in [0.2, 0.25) is 0 Å². The molecular formula is C22H15F6N7O3S. The van der Waals surface area contributed by atoms with E-state index in [0.717, 1.165) is 22.9 Å². The minimum Gasteiger partial charge on any atom is -0.481 e. The molecule has 4 aromatic heterocycles. The van der Waals surface area contributed by atoms with Crippen LogP contribution in [0.1, 0.15) is 18.1 Å². The third-order valence-corrected chi connectivity index (χ3v) is 6.91. The van der Waals surface area contributed by atoms with Crippen LogP contribution in [-0.2, 0) is 16.2 Å². The number of pyridine rings is 2. The quantitative estimate of drug-likeness (QED) is 0.343. The van der Waals surface area contributed by atoms with Gasteiger partial charge >= 0.3 is 12.4 Å². The highest BCUT2D eigenvalue weighted by Crippen LogP contribution is 2.37. The molecule has 0 fully saturated rings. The summed E-state index contributed by atoms with van der Waals surface area (Å²) in [6, 6.07) is 3.52. The summed E-state index contributed by atoms with van der Waals surface area (Å²) in [6.07, 6.45) is -7.05. The number of ether oxygens (including phenoxy) is 1. The molecule has 0 aliphatic rings. The number of nitrogens with one attached hydrogen (secondary N) is 1. The van der Waals surface area contributed by atoms with Crippen molar-refractivity contribution in [3.05, 3.63) is 54.0 Å². The fourth-order valence-electron chi connectivity index (χ4n) is 3.47. The van der Waals surface area contributed by atoms with Crippen molar-refractivity contribution in [1.29, 1.82) is 5.26 Å². The number of hydrogen-bond acceptors (Lipinski definition) is 8. The Labute approximate surface area is 216 Å². The van der Waals surface area contributed by atoms with Gasteiger partial charge in [-0.05, 0) is 25.1 Å². The van der Waals surface area contributed by atoms with Gasteiger partial charge in [0.05, 0.1) is 29.6 Å². The highest BCUT2D eigenvalue weighted by atomic mass is 32.2. The maximum absolute atomic E-state index is 13.4. The second kappa shape index (κ2) is 9.78. The standard InChI is InChI=1S/C22H15F6N7O3S/c1-11(21(23,24)25)34-39(36,37)13-3-4-16(31-10-13)18-15(8-29)14-7-12(22(26,27)28)9-32-19(14)35(18)20-30-6-5-17(33-20)38-2/h3-7,9-11,34H,1-2H3. The van der Waals surface area contributed by atoms with E-state index in [-0.39, 0.29) is 39.8 Å². The third-order valence-electron chi connectivity index (χ3n) is 5.39. The SMILES string of the molecule is COc1ccnc(-n2c(-c3ccc(S(=O)(=O)NC(C)C(F)(F)F)cn3)c(C#N)c3cc(C(F)(F)F)cnc32)n1. The average molecular weight is 571 g/mol. The predicted molar refractivity (Wildman–Crippen MR) is 122 cm³/mol. The Morgan fingerprint density at radius 1 is 1.08 bits per heavy atom. The first kappa shape index (κ1) is 27.7. The topological polar surface area (TPSA) is 136 Å². The van der Waals surface area contributed by atoms with E-state index in [1.165, 1.54) is 24.1 Å². The van der Waals surface area contributed by atoms with E-state index < -0.39 is 38.9 Å². The van der Waals surface area contributed by atoms with Gasteiger partial charge in [0, 0.05) is 30.0 Å². The van der Waals surface area contributed by atoms with Gasteiger partial charge in [0.2, 0.25) is 21.9 Å². The van der Waals surface area contributed by atoms with Gasteiger partial charge in [0.15, 0.2) is 0 Å². The minimum atomic E-state index is -4.85. The maximum Gasteiger partial charge on any atom is 0.417 e. The van der Waals surface area contributed by atoms with Gasteiger partial charge in [0.25, 0.3) is 0 Å². The molecule has 4 heterocycles. The van der Waals surface area contributed by atoms with Crippen LogP contribution in [0, 0.1) is 11.3 Å². The Morgan fingerprint density at radius 2 is 1.79 bits per heavy atom. The Kier molecular flexibility index (Phi) is 6.95. The lowest BCUT2D eigenvalue weighted by Gasteiger charge is -2.17. The van der Waals surface area contributed by atoms with E-state index >= 15 is 0 Å². The van der Waals surface area contributed by atoms with E-state index in [4.69, 9.17) is 4.74 Å². The number of nitrogens with zero attached hydrogens (tertiary/aromatic N) is 6. The molecule has 4 aromatic rings. The molecule has 4 rings (SSSR count). The fraction of sp³-hybridized carbons (Fsp3) is 0.227. The number of halogens is 6. The van der Waals surface area contributed by atoms with Crippen LogP contribution in [0.4, 0.5) is 26.3 Å². The van der Waals surface area contributed by atoms with Crippen LogP contribution in [0.25, 0.3) is 28.4 Å². The molecule has 204 valence electrons. The lowest BCUT2D eigenvalue weighted by Crippen LogP contribution is -2.42. The van der Waals surface area contributed by atoms with Crippen LogP contribution in [0.3, 0.4) is 0 Å². The Bertz CT molecular complexity index is 1690. The van der Waals surface area contributed by atoms with Crippen molar-refractivity contribution in [2.24, 2.45) is 0 Å². The van der Waals surface area contributed by atoms with Gasteiger partial charge in [-0.3, -0.25) is 9.55 Å². The number of rotatable bonds is 6. The van der Waals surface area contributed by atoms with E-state index in [9.17, 15) is 40.0 Å². The van der Waals surface area contributed by atoms with Gasteiger partial charge < -0.3 is 4.74 Å². The third kappa shape index (κ3) is 5.33. The van der Waals surface area contributed by atoms with Gasteiger partial charge in [-0.15, -0.1) is 0 Å². The fourth-order valence-corrected chi connectivity index (χ4v) is 4.65. The van der Waals surface area contributed by atoms with E-state index in [1.54, 1.807) is 0 Å². The van der Waals surface area contributed by atoms with E-state index in [2.05, 4.69) is 19.9 Å². The van der Waals surface area contributed by atoms with Gasteiger partial charge in [-0.1, -0.05) is 0 Å². The summed E-state index contributed by atoms with van der Waals surface area (Å²) in [5, 5.41) is 9.68. The molecule has 0 amide bonds. The number of hydrogen-bond donors (Lipinski definition) is 1. The van der Waals surface area contributed by atoms with Crippen LogP contribution >= 0.6 is 0 Å². The second-order valence-electron chi connectivity index (χ2n) is 7.93. The Hall–Kier alpha value is -4.30. The summed E-state index contributed by atoms with van der Waals surface area (Å²) in [4.78, 5) is 15.5. The number of nitriles is 1. The van der Waals surface area contributed by atoms with Crippen molar-refractivity contribution in [1.82, 2.24) is 29.2 Å². The van der Waals surface area contributed by atoms with E-state index in [0.29, 0.717) is 19.2 Å². The molecule has 39 heavy (non-hydrogen) atoms. The molecule has 0 aliphatic heterocycles. The molecule has 0 radical (unpaired) electrons. The number of alkyl halides is 6. The second-order valence-corrected chi connectivity index (χ2v) is 9.64. The highest BCUT2D eigenvalue weighted by molar-refractivity contribution is 7.89. The molecule has 10 nitrogen and oxygen atoms in total. The molecule has 1 N–H and O–H groups in total. The van der Waals surface area contributed by atoms with Crippen LogP contribution < -0.4 is 9.46 Å². The molecule has 0 bridgehead atoms. The van der Waals surface area contributed by atoms with Crippen molar-refractivity contribution < 1.29 is 39.5 Å². The summed E-state index contributed by atoms with van der Waals surface area (Å²) < 4.78 is 111. The molecular weight excluding hydrogens is 556 g/mol. The lowest BCUT2D eigenvalue weighted by atomic mass is 10.1. The van der Waals surface area contributed by atoms with Crippen molar-refractivity contribution in [2.75, 3.05) is 7.11 Å². The first-order valence-electron chi connectivity index (χ1n) is 10.6. The number of methoxy groups -OCH3 is 1. The normalized spacial score (nSPS) is 13.3. The van der Waals surface area contributed by atoms with Crippen LogP contribution in [-0.4, -0.2) is 52.2 Å². The smallest absolute Gasteiger partial charge is 0.417 e. The lowest BCUT2D eigenvalue weighted by molar-refractivity contribution is -0.147. The predicted octanol–water partition coefficient (Wildman–Crippen LogP) is 4.01. The largest absolute Gasteiger partial charge is 0.481 e. The number of aromatic nitrogens is 5. The Balaban J connectivity index is 1.94. The van der Waals surface area contributed by atoms with Gasteiger partial charge in [-0.25, -0.2) is 18.4 Å². The molecule has 1 atom stereocenters. The van der Waals surface area contributed by atoms with Crippen molar-refractivity contribution >= 4 is 21.1 Å². The summed E-state index contributed by atoms with van der Waals surface area (Å²) in [5.74, 6) is -0.0974. The zero-order chi connectivity index (χ0) is 28.8. The first-order chi connectivity index (χ1) is 18.2. The minimum absolute atomic E-state index is 0.0671. The van der Waals surface area contributed by atoms with Crippen LogP contribution in [0.5, 0.6) is 5.88 Å². The summed E-state index contributed by atoms with van der Waals surface area (Å²) in [7, 11) is -3.35. The molecule has 17 heteroatoms. The summed E-state index contributed by atoms with van der Waals surface area (Å²) in [6.45, 7) is 0.618. The van der Waals surface area contributed by atoms with Crippen molar-refractivity contribution in [3.63, 3.8) is 0 Å². The molecule has 0 aliphatic carbocycles. The average Bonchev–Trinajstić information content (AvgIpc) is 3.21. The summed E-state index contributed by atoms with van der Waals surface area (Å²) in [5.41, 5.74) is -1.88. The monoisotopic (exact) mass is 571 g/mol. The van der Waals surface area contributed by atoms with E-state index in [1.807, 2.05) is 6.07 Å². The first-order valence-corrected chi connectivity index (χ1v) is 12.1. The summed E-state index contributed by atoms with van der Waals surface area (Å²) >= 11 is 0. The van der Waals surface area contributed by atoms with Crippen LogP contribution in [0.15, 0.2) is 47.8 Å². The number of fused-ring (bicyclic) bond motifs is 1. The molecule has 1 unspecified atom stereocenters. The molecule has 0 spiro atoms. The van der Waals surface area contributed by atoms with Gasteiger partial charge in [-0.2, -0.15) is 41.3 Å². The molecule has 0 aromatic carbocycles. The molecule has 0 saturated carbocycles. The molecule has 0 saturated heterocycles. The maximum atomic E-state index is 13.4. The van der Waals surface area contributed by atoms with Crippen molar-refractivity contribution in [2.45, 2.75) is 30.2 Å². The van der Waals surface area contributed by atoms with Crippen molar-refractivity contribution in [3.8, 4) is 29.3 Å².